The van der Waals surface area contributed by atoms with Gasteiger partial charge >= 0.3 is 6.09 Å². The summed E-state index contributed by atoms with van der Waals surface area (Å²) in [6, 6.07) is -0.930. The Morgan fingerprint density at radius 2 is 1.82 bits per heavy atom. The van der Waals surface area contributed by atoms with Crippen LogP contribution in [0.2, 0.25) is 0 Å². The quantitative estimate of drug-likeness (QED) is 0.624. The van der Waals surface area contributed by atoms with Gasteiger partial charge in [-0.2, -0.15) is 0 Å². The monoisotopic (exact) mass is 246 g/mol. The van der Waals surface area contributed by atoms with Crippen LogP contribution in [0.3, 0.4) is 0 Å². The molecule has 0 aliphatic rings. The largest absolute Gasteiger partial charge is 0.444 e. The van der Waals surface area contributed by atoms with Crippen LogP contribution >= 0.6 is 0 Å². The zero-order chi connectivity index (χ0) is 13.6. The first-order valence-corrected chi connectivity index (χ1v) is 5.10. The third-order valence-electron chi connectivity index (χ3n) is 1.53. The molecule has 3 N–H and O–H groups in total. The normalized spacial score (nSPS) is 12.5. The van der Waals surface area contributed by atoms with Crippen LogP contribution in [0.4, 0.5) is 4.79 Å². The number of amides is 3. The zero-order valence-electron chi connectivity index (χ0n) is 10.4. The highest BCUT2D eigenvalue weighted by Crippen LogP contribution is 2.06. The minimum absolute atomic E-state index is 0.665. The zero-order valence-corrected chi connectivity index (χ0v) is 10.4. The van der Waals surface area contributed by atoms with Crippen LogP contribution in [-0.2, 0) is 14.3 Å². The van der Waals surface area contributed by atoms with Gasteiger partial charge in [0.1, 0.15) is 18.2 Å². The highest BCUT2D eigenvalue weighted by Gasteiger charge is 2.21. The van der Waals surface area contributed by atoms with Gasteiger partial charge in [0.2, 0.25) is 5.91 Å². The fourth-order valence-electron chi connectivity index (χ4n) is 0.835. The van der Waals surface area contributed by atoms with E-state index >= 15 is 0 Å². The van der Waals surface area contributed by atoms with Gasteiger partial charge in [-0.1, -0.05) is 0 Å². The molecule has 0 bridgehead atoms. The molecule has 0 unspecified atom stereocenters. The molecule has 7 heteroatoms. The molecule has 0 aliphatic carbocycles. The van der Waals surface area contributed by atoms with E-state index in [1.54, 1.807) is 20.8 Å². The predicted molar refractivity (Wildman–Crippen MR) is 59.1 cm³/mol. The summed E-state index contributed by atoms with van der Waals surface area (Å²) in [6.07, 6.45) is -0.753. The summed E-state index contributed by atoms with van der Waals surface area (Å²) in [7, 11) is 0. The molecule has 0 spiro atoms. The van der Waals surface area contributed by atoms with Crippen LogP contribution in [0.5, 0.6) is 0 Å². The predicted octanol–water partition coefficient (Wildman–Crippen LogP) is -0.465. The lowest BCUT2D eigenvalue weighted by molar-refractivity contribution is -0.133. The third-order valence-corrected chi connectivity index (χ3v) is 1.53. The summed E-state index contributed by atoms with van der Waals surface area (Å²) in [4.78, 5) is 33.3. The summed E-state index contributed by atoms with van der Waals surface area (Å²) in [5.41, 5.74) is -0.665. The minimum Gasteiger partial charge on any atom is -0.444 e. The maximum absolute atomic E-state index is 11.3. The topological polar surface area (TPSA) is 105 Å². The smallest absolute Gasteiger partial charge is 0.408 e. The number of imide groups is 1. The molecule has 0 radical (unpaired) electrons. The second kappa shape index (κ2) is 6.19. The van der Waals surface area contributed by atoms with Crippen molar-refractivity contribution in [1.29, 1.82) is 0 Å². The van der Waals surface area contributed by atoms with Crippen molar-refractivity contribution >= 4 is 17.9 Å². The van der Waals surface area contributed by atoms with Gasteiger partial charge < -0.3 is 15.2 Å². The Labute approximate surface area is 99.5 Å². The Hall–Kier alpha value is -1.63. The number of aliphatic hydroxyl groups is 1. The SMILES string of the molecule is C[C@H](NC(=O)OC(C)(C)C)C(=O)NC(=O)CO. The molecule has 0 aromatic heterocycles. The summed E-state index contributed by atoms with van der Waals surface area (Å²) in [5.74, 6) is -1.54. The van der Waals surface area contributed by atoms with Crippen molar-refractivity contribution in [1.82, 2.24) is 10.6 Å². The molecule has 98 valence electrons. The summed E-state index contributed by atoms with van der Waals surface area (Å²) in [5, 5.41) is 12.6. The van der Waals surface area contributed by atoms with Crippen molar-refractivity contribution in [3.05, 3.63) is 0 Å². The Morgan fingerprint density at radius 3 is 2.24 bits per heavy atom. The van der Waals surface area contributed by atoms with Gasteiger partial charge in [0.25, 0.3) is 5.91 Å². The van der Waals surface area contributed by atoms with E-state index in [0.29, 0.717) is 0 Å². The van der Waals surface area contributed by atoms with Crippen molar-refractivity contribution in [3.8, 4) is 0 Å². The number of nitrogens with one attached hydrogen (secondary N) is 2. The highest BCUT2D eigenvalue weighted by molar-refractivity contribution is 5.98. The Bertz CT molecular complexity index is 308. The van der Waals surface area contributed by atoms with Crippen LogP contribution in [0, 0.1) is 0 Å². The van der Waals surface area contributed by atoms with Crippen molar-refractivity contribution in [2.24, 2.45) is 0 Å². The first kappa shape index (κ1) is 15.4. The Kier molecular flexibility index (Phi) is 5.60. The van der Waals surface area contributed by atoms with Gasteiger partial charge in [-0.25, -0.2) is 4.79 Å². The van der Waals surface area contributed by atoms with E-state index in [2.05, 4.69) is 5.32 Å². The first-order chi connectivity index (χ1) is 7.65. The number of alkyl carbamates (subject to hydrolysis) is 1. The van der Waals surface area contributed by atoms with Crippen molar-refractivity contribution in [2.45, 2.75) is 39.3 Å². The van der Waals surface area contributed by atoms with Crippen molar-refractivity contribution in [2.75, 3.05) is 6.61 Å². The molecule has 0 aromatic carbocycles. The lowest BCUT2D eigenvalue weighted by Gasteiger charge is -2.21. The molecular formula is C10H18N2O5. The third kappa shape index (κ3) is 7.29. The molecule has 0 saturated carbocycles. The van der Waals surface area contributed by atoms with Gasteiger partial charge in [-0.15, -0.1) is 0 Å². The van der Waals surface area contributed by atoms with E-state index in [-0.39, 0.29) is 0 Å². The van der Waals surface area contributed by atoms with Crippen LogP contribution in [-0.4, -0.2) is 41.3 Å². The second-order valence-corrected chi connectivity index (χ2v) is 4.44. The summed E-state index contributed by atoms with van der Waals surface area (Å²) >= 11 is 0. The van der Waals surface area contributed by atoms with E-state index in [1.807, 2.05) is 5.32 Å². The van der Waals surface area contributed by atoms with Gasteiger partial charge in [0.05, 0.1) is 0 Å². The molecule has 0 aliphatic heterocycles. The van der Waals surface area contributed by atoms with Gasteiger partial charge in [0.15, 0.2) is 0 Å². The molecule has 17 heavy (non-hydrogen) atoms. The molecule has 7 nitrogen and oxygen atoms in total. The Balaban J connectivity index is 4.17. The summed E-state index contributed by atoms with van der Waals surface area (Å²) < 4.78 is 4.93. The number of hydrogen-bond donors (Lipinski definition) is 3. The van der Waals surface area contributed by atoms with E-state index in [4.69, 9.17) is 9.84 Å². The molecule has 3 amide bonds. The number of hydrogen-bond acceptors (Lipinski definition) is 5. The van der Waals surface area contributed by atoms with Crippen molar-refractivity contribution in [3.63, 3.8) is 0 Å². The average Bonchev–Trinajstić information content (AvgIpc) is 2.14. The fourth-order valence-corrected chi connectivity index (χ4v) is 0.835. The van der Waals surface area contributed by atoms with Crippen LogP contribution < -0.4 is 10.6 Å². The van der Waals surface area contributed by atoms with E-state index < -0.39 is 36.2 Å². The van der Waals surface area contributed by atoms with Crippen LogP contribution in [0.1, 0.15) is 27.7 Å². The van der Waals surface area contributed by atoms with E-state index in [9.17, 15) is 14.4 Å². The first-order valence-electron chi connectivity index (χ1n) is 5.10. The van der Waals surface area contributed by atoms with Crippen LogP contribution in [0.15, 0.2) is 0 Å². The molecule has 0 aromatic rings. The number of rotatable bonds is 3. The maximum Gasteiger partial charge on any atom is 0.408 e. The molecule has 1 atom stereocenters. The number of carbonyl (C=O) groups excluding carboxylic acids is 3. The lowest BCUT2D eigenvalue weighted by Crippen LogP contribution is -2.48. The standard InChI is InChI=1S/C10H18N2O5/c1-6(8(15)12-7(14)5-13)11-9(16)17-10(2,3)4/h6,13H,5H2,1-4H3,(H,11,16)(H,12,14,15)/t6-/m0/s1. The second-order valence-electron chi connectivity index (χ2n) is 4.44. The number of ether oxygens (including phenoxy) is 1. The molecular weight excluding hydrogens is 228 g/mol. The van der Waals surface area contributed by atoms with E-state index in [1.165, 1.54) is 6.92 Å². The summed E-state index contributed by atoms with van der Waals surface area (Å²) in [6.45, 7) is 5.67. The fraction of sp³-hybridized carbons (Fsp3) is 0.700. The average molecular weight is 246 g/mol. The van der Waals surface area contributed by atoms with Gasteiger partial charge in [-0.05, 0) is 27.7 Å². The minimum atomic E-state index is -0.930. The van der Waals surface area contributed by atoms with Crippen LogP contribution in [0.25, 0.3) is 0 Å². The molecule has 0 fully saturated rings. The maximum atomic E-state index is 11.3. The van der Waals surface area contributed by atoms with Gasteiger partial charge in [-0.3, -0.25) is 14.9 Å². The number of aliphatic hydroxyl groups excluding tert-OH is 1. The van der Waals surface area contributed by atoms with Gasteiger partial charge in [0, 0.05) is 0 Å². The van der Waals surface area contributed by atoms with E-state index in [0.717, 1.165) is 0 Å². The van der Waals surface area contributed by atoms with Crippen molar-refractivity contribution < 1.29 is 24.2 Å². The number of carbonyl (C=O) groups is 3. The Morgan fingerprint density at radius 1 is 1.29 bits per heavy atom. The molecule has 0 heterocycles. The molecule has 0 rings (SSSR count). The molecule has 0 saturated heterocycles. The lowest BCUT2D eigenvalue weighted by atomic mass is 10.2. The highest BCUT2D eigenvalue weighted by atomic mass is 16.6.